The third-order valence-electron chi connectivity index (χ3n) is 2.95. The van der Waals surface area contributed by atoms with E-state index in [1.165, 1.54) is 12.0 Å². The summed E-state index contributed by atoms with van der Waals surface area (Å²) in [5.41, 5.74) is 0.545. The highest BCUT2D eigenvalue weighted by atomic mass is 16.5. The maximum Gasteiger partial charge on any atom is 0.310 e. The van der Waals surface area contributed by atoms with Gasteiger partial charge in [-0.3, -0.25) is 9.59 Å². The van der Waals surface area contributed by atoms with E-state index in [4.69, 9.17) is 0 Å². The smallest absolute Gasteiger partial charge is 0.310 e. The number of hydrogen-bond acceptors (Lipinski definition) is 5. The second-order valence-corrected chi connectivity index (χ2v) is 4.91. The van der Waals surface area contributed by atoms with Gasteiger partial charge in [-0.25, -0.2) is 4.98 Å². The standard InChI is InChI=1S/C14H21N3O3/c1-10(14(19)20-5)9-17(4)13(18)11-6-7-15-12(8-11)16(2)3/h6-8,10H,9H2,1-5H3. The Labute approximate surface area is 119 Å². The van der Waals surface area contributed by atoms with E-state index < -0.39 is 0 Å². The van der Waals surface area contributed by atoms with Crippen LogP contribution >= 0.6 is 0 Å². The first kappa shape index (κ1) is 15.9. The van der Waals surface area contributed by atoms with Gasteiger partial charge in [0, 0.05) is 39.4 Å². The highest BCUT2D eigenvalue weighted by Crippen LogP contribution is 2.12. The summed E-state index contributed by atoms with van der Waals surface area (Å²) in [5, 5.41) is 0. The number of aromatic nitrogens is 1. The van der Waals surface area contributed by atoms with Gasteiger partial charge in [-0.05, 0) is 12.1 Å². The Morgan fingerprint density at radius 2 is 2.00 bits per heavy atom. The van der Waals surface area contributed by atoms with Gasteiger partial charge in [-0.15, -0.1) is 0 Å². The summed E-state index contributed by atoms with van der Waals surface area (Å²) >= 11 is 0. The number of carbonyl (C=O) groups is 2. The van der Waals surface area contributed by atoms with Crippen LogP contribution in [0.1, 0.15) is 17.3 Å². The number of hydrogen-bond donors (Lipinski definition) is 0. The molecule has 0 aliphatic carbocycles. The zero-order valence-electron chi connectivity index (χ0n) is 12.6. The van der Waals surface area contributed by atoms with Crippen molar-refractivity contribution in [3.05, 3.63) is 23.9 Å². The maximum absolute atomic E-state index is 12.3. The molecule has 6 nitrogen and oxygen atoms in total. The molecule has 20 heavy (non-hydrogen) atoms. The van der Waals surface area contributed by atoms with Gasteiger partial charge < -0.3 is 14.5 Å². The first-order chi connectivity index (χ1) is 9.36. The largest absolute Gasteiger partial charge is 0.469 e. The fourth-order valence-electron chi connectivity index (χ4n) is 1.79. The fourth-order valence-corrected chi connectivity index (χ4v) is 1.79. The van der Waals surface area contributed by atoms with E-state index in [9.17, 15) is 9.59 Å². The van der Waals surface area contributed by atoms with Crippen molar-refractivity contribution in [2.75, 3.05) is 39.7 Å². The van der Waals surface area contributed by atoms with Crippen LogP contribution in [0.2, 0.25) is 0 Å². The zero-order chi connectivity index (χ0) is 15.3. The number of amides is 1. The molecule has 0 spiro atoms. The van der Waals surface area contributed by atoms with Crippen LogP contribution in [0.3, 0.4) is 0 Å². The molecule has 0 aromatic carbocycles. The van der Waals surface area contributed by atoms with Gasteiger partial charge in [0.15, 0.2) is 0 Å². The van der Waals surface area contributed by atoms with Crippen molar-refractivity contribution in [2.24, 2.45) is 5.92 Å². The van der Waals surface area contributed by atoms with Gasteiger partial charge in [0.2, 0.25) is 0 Å². The Bertz CT molecular complexity index is 488. The molecule has 0 aliphatic heterocycles. The molecule has 0 N–H and O–H groups in total. The Kier molecular flexibility index (Phi) is 5.49. The maximum atomic E-state index is 12.3. The predicted octanol–water partition coefficient (Wildman–Crippen LogP) is 1.03. The van der Waals surface area contributed by atoms with Gasteiger partial charge in [-0.2, -0.15) is 0 Å². The fraction of sp³-hybridized carbons (Fsp3) is 0.500. The van der Waals surface area contributed by atoms with Gasteiger partial charge in [0.05, 0.1) is 13.0 Å². The first-order valence-electron chi connectivity index (χ1n) is 6.33. The molecule has 0 radical (unpaired) electrons. The normalized spacial score (nSPS) is 11.7. The lowest BCUT2D eigenvalue weighted by Crippen LogP contribution is -2.34. The highest BCUT2D eigenvalue weighted by molar-refractivity contribution is 5.94. The second-order valence-electron chi connectivity index (χ2n) is 4.91. The van der Waals surface area contributed by atoms with Crippen molar-refractivity contribution >= 4 is 17.7 Å². The molecule has 1 aromatic heterocycles. The number of rotatable bonds is 5. The first-order valence-corrected chi connectivity index (χ1v) is 6.33. The van der Waals surface area contributed by atoms with Crippen molar-refractivity contribution in [2.45, 2.75) is 6.92 Å². The minimum Gasteiger partial charge on any atom is -0.469 e. The van der Waals surface area contributed by atoms with Gasteiger partial charge in [0.1, 0.15) is 5.82 Å². The molecule has 1 amide bonds. The Morgan fingerprint density at radius 1 is 1.35 bits per heavy atom. The number of ether oxygens (including phenoxy) is 1. The molecule has 0 fully saturated rings. The quantitative estimate of drug-likeness (QED) is 0.753. The molecule has 0 bridgehead atoms. The predicted molar refractivity (Wildman–Crippen MR) is 76.7 cm³/mol. The Morgan fingerprint density at radius 3 is 2.55 bits per heavy atom. The number of methoxy groups -OCH3 is 1. The van der Waals surface area contributed by atoms with Crippen LogP contribution in [0.4, 0.5) is 5.82 Å². The summed E-state index contributed by atoms with van der Waals surface area (Å²) in [6.45, 7) is 2.04. The van der Waals surface area contributed by atoms with E-state index in [0.717, 1.165) is 0 Å². The van der Waals surface area contributed by atoms with Gasteiger partial charge >= 0.3 is 5.97 Å². The zero-order valence-corrected chi connectivity index (χ0v) is 12.6. The van der Waals surface area contributed by atoms with Crippen molar-refractivity contribution < 1.29 is 14.3 Å². The summed E-state index contributed by atoms with van der Waals surface area (Å²) in [6.07, 6.45) is 1.60. The van der Waals surface area contributed by atoms with Crippen molar-refractivity contribution in [3.63, 3.8) is 0 Å². The summed E-state index contributed by atoms with van der Waals surface area (Å²) in [5.74, 6) is -0.117. The Hall–Kier alpha value is -2.11. The van der Waals surface area contributed by atoms with Crippen LogP contribution < -0.4 is 4.90 Å². The number of nitrogens with zero attached hydrogens (tertiary/aromatic N) is 3. The van der Waals surface area contributed by atoms with E-state index >= 15 is 0 Å². The highest BCUT2D eigenvalue weighted by Gasteiger charge is 2.20. The third-order valence-corrected chi connectivity index (χ3v) is 2.95. The van der Waals surface area contributed by atoms with E-state index in [1.54, 1.807) is 32.3 Å². The lowest BCUT2D eigenvalue weighted by atomic mass is 10.1. The van der Waals surface area contributed by atoms with E-state index in [2.05, 4.69) is 9.72 Å². The minimum atomic E-state index is -0.357. The number of carbonyl (C=O) groups excluding carboxylic acids is 2. The molecule has 1 atom stereocenters. The Balaban J connectivity index is 2.79. The topological polar surface area (TPSA) is 62.7 Å². The number of esters is 1. The molecule has 0 aliphatic rings. The molecule has 1 rings (SSSR count). The van der Waals surface area contributed by atoms with Gasteiger partial charge in [-0.1, -0.05) is 6.92 Å². The van der Waals surface area contributed by atoms with Crippen molar-refractivity contribution in [1.82, 2.24) is 9.88 Å². The van der Waals surface area contributed by atoms with E-state index in [-0.39, 0.29) is 17.8 Å². The molecule has 0 saturated carbocycles. The van der Waals surface area contributed by atoms with Crippen LogP contribution in [-0.4, -0.2) is 56.6 Å². The summed E-state index contributed by atoms with van der Waals surface area (Å²) in [6, 6.07) is 3.39. The van der Waals surface area contributed by atoms with Gasteiger partial charge in [0.25, 0.3) is 5.91 Å². The second kappa shape index (κ2) is 6.88. The third kappa shape index (κ3) is 3.94. The minimum absolute atomic E-state index is 0.147. The molecule has 6 heteroatoms. The average Bonchev–Trinajstić information content (AvgIpc) is 2.45. The summed E-state index contributed by atoms with van der Waals surface area (Å²) < 4.78 is 4.66. The molecule has 1 aromatic rings. The number of anilines is 1. The molecule has 1 unspecified atom stereocenters. The summed E-state index contributed by atoms with van der Waals surface area (Å²) in [4.78, 5) is 31.2. The van der Waals surface area contributed by atoms with Crippen LogP contribution in [0, 0.1) is 5.92 Å². The molecule has 1 heterocycles. The average molecular weight is 279 g/mol. The van der Waals surface area contributed by atoms with Crippen LogP contribution in [-0.2, 0) is 9.53 Å². The molecular weight excluding hydrogens is 258 g/mol. The summed E-state index contributed by atoms with van der Waals surface area (Å²) in [7, 11) is 6.73. The molecule has 0 saturated heterocycles. The van der Waals surface area contributed by atoms with Crippen molar-refractivity contribution in [3.8, 4) is 0 Å². The molecular formula is C14H21N3O3. The lowest BCUT2D eigenvalue weighted by molar-refractivity contribution is -0.145. The molecule has 110 valence electrons. The lowest BCUT2D eigenvalue weighted by Gasteiger charge is -2.21. The van der Waals surface area contributed by atoms with E-state index in [0.29, 0.717) is 17.9 Å². The SMILES string of the molecule is COC(=O)C(C)CN(C)C(=O)c1ccnc(N(C)C)c1. The van der Waals surface area contributed by atoms with Crippen LogP contribution in [0.25, 0.3) is 0 Å². The van der Waals surface area contributed by atoms with Crippen LogP contribution in [0.5, 0.6) is 0 Å². The monoisotopic (exact) mass is 279 g/mol. The van der Waals surface area contributed by atoms with Crippen molar-refractivity contribution in [1.29, 1.82) is 0 Å². The van der Waals surface area contributed by atoms with Crippen LogP contribution in [0.15, 0.2) is 18.3 Å². The van der Waals surface area contributed by atoms with E-state index in [1.807, 2.05) is 19.0 Å². The number of pyridine rings is 1.